The van der Waals surface area contributed by atoms with Crippen molar-refractivity contribution >= 4 is 45.9 Å². The monoisotopic (exact) mass is 409 g/mol. The zero-order chi connectivity index (χ0) is 19.5. The number of nitrogens with one attached hydrogen (secondary N) is 1. The molecule has 0 aliphatic rings. The van der Waals surface area contributed by atoms with Crippen molar-refractivity contribution in [1.82, 2.24) is 9.97 Å². The average Bonchev–Trinajstić information content (AvgIpc) is 3.08. The second kappa shape index (κ2) is 8.04. The summed E-state index contributed by atoms with van der Waals surface area (Å²) in [4.78, 5) is 21.4. The number of halogens is 1. The van der Waals surface area contributed by atoms with E-state index in [9.17, 15) is 4.79 Å². The quantitative estimate of drug-likeness (QED) is 0.336. The number of hydrogen-bond acceptors (Lipinski definition) is 5. The molecule has 1 N–H and O–H groups in total. The number of benzene rings is 2. The van der Waals surface area contributed by atoms with Gasteiger partial charge in [0, 0.05) is 29.1 Å². The van der Waals surface area contributed by atoms with Gasteiger partial charge >= 0.3 is 0 Å². The van der Waals surface area contributed by atoms with E-state index in [0.717, 1.165) is 16.5 Å². The van der Waals surface area contributed by atoms with Crippen molar-refractivity contribution in [2.45, 2.75) is 17.8 Å². The van der Waals surface area contributed by atoms with E-state index in [0.29, 0.717) is 27.2 Å². The number of para-hydroxylation sites is 1. The number of rotatable bonds is 5. The van der Waals surface area contributed by atoms with Gasteiger partial charge in [0.1, 0.15) is 5.58 Å². The standard InChI is InChI=1S/C21H16ClN3O2S/c1-13-7-8-17(16(22)11-13)25-20(26)19-15(12-28-21-23-9-4-10-24-21)14-5-2-3-6-18(14)27-19/h2-11H,12H2,1H3,(H,25,26). The van der Waals surface area contributed by atoms with Gasteiger partial charge in [-0.25, -0.2) is 9.97 Å². The minimum Gasteiger partial charge on any atom is -0.451 e. The van der Waals surface area contributed by atoms with Gasteiger partial charge < -0.3 is 9.73 Å². The topological polar surface area (TPSA) is 68.0 Å². The van der Waals surface area contributed by atoms with E-state index in [1.165, 1.54) is 11.8 Å². The van der Waals surface area contributed by atoms with Crippen molar-refractivity contribution in [3.05, 3.63) is 82.8 Å². The first-order valence-electron chi connectivity index (χ1n) is 8.59. The molecule has 1 amide bonds. The van der Waals surface area contributed by atoms with Gasteiger partial charge in [0.25, 0.3) is 5.91 Å². The summed E-state index contributed by atoms with van der Waals surface area (Å²) in [7, 11) is 0. The molecule has 0 radical (unpaired) electrons. The summed E-state index contributed by atoms with van der Waals surface area (Å²) in [6, 6.07) is 14.8. The molecule has 140 valence electrons. The Morgan fingerprint density at radius 2 is 1.93 bits per heavy atom. The largest absolute Gasteiger partial charge is 0.451 e. The van der Waals surface area contributed by atoms with E-state index in [1.54, 1.807) is 30.6 Å². The smallest absolute Gasteiger partial charge is 0.291 e. The van der Waals surface area contributed by atoms with E-state index in [4.69, 9.17) is 16.0 Å². The fourth-order valence-electron chi connectivity index (χ4n) is 2.82. The first-order chi connectivity index (χ1) is 13.6. The lowest BCUT2D eigenvalue weighted by Gasteiger charge is -2.08. The Morgan fingerprint density at radius 1 is 1.14 bits per heavy atom. The summed E-state index contributed by atoms with van der Waals surface area (Å²) in [5, 5.41) is 4.87. The average molecular weight is 410 g/mol. The molecule has 0 spiro atoms. The molecule has 0 aliphatic heterocycles. The van der Waals surface area contributed by atoms with Crippen LogP contribution in [0.5, 0.6) is 0 Å². The molecule has 4 rings (SSSR count). The molecule has 5 nitrogen and oxygen atoms in total. The molecule has 0 saturated carbocycles. The highest BCUT2D eigenvalue weighted by molar-refractivity contribution is 7.98. The van der Waals surface area contributed by atoms with E-state index in [2.05, 4.69) is 15.3 Å². The van der Waals surface area contributed by atoms with Gasteiger partial charge in [-0.15, -0.1) is 0 Å². The van der Waals surface area contributed by atoms with Gasteiger partial charge in [0.05, 0.1) is 10.7 Å². The molecule has 2 aromatic heterocycles. The lowest BCUT2D eigenvalue weighted by atomic mass is 10.1. The van der Waals surface area contributed by atoms with Crippen LogP contribution in [0.4, 0.5) is 5.69 Å². The molecule has 2 aromatic carbocycles. The number of aryl methyl sites for hydroxylation is 1. The van der Waals surface area contributed by atoms with Crippen LogP contribution in [0, 0.1) is 6.92 Å². The fraction of sp³-hybridized carbons (Fsp3) is 0.0952. The maximum Gasteiger partial charge on any atom is 0.291 e. The Labute approximate surface area is 171 Å². The zero-order valence-electron chi connectivity index (χ0n) is 15.0. The van der Waals surface area contributed by atoms with Crippen molar-refractivity contribution in [1.29, 1.82) is 0 Å². The van der Waals surface area contributed by atoms with Crippen molar-refractivity contribution in [3.63, 3.8) is 0 Å². The first kappa shape index (κ1) is 18.5. The maximum atomic E-state index is 12.9. The highest BCUT2D eigenvalue weighted by Crippen LogP contribution is 2.32. The second-order valence-electron chi connectivity index (χ2n) is 6.16. The lowest BCUT2D eigenvalue weighted by Crippen LogP contribution is -2.13. The van der Waals surface area contributed by atoms with Gasteiger partial charge in [-0.1, -0.05) is 47.6 Å². The molecule has 0 bridgehead atoms. The van der Waals surface area contributed by atoms with E-state index in [-0.39, 0.29) is 11.7 Å². The summed E-state index contributed by atoms with van der Waals surface area (Å²) in [6.45, 7) is 1.94. The first-order valence-corrected chi connectivity index (χ1v) is 9.96. The predicted octanol–water partition coefficient (Wildman–Crippen LogP) is 5.73. The zero-order valence-corrected chi connectivity index (χ0v) is 16.6. The van der Waals surface area contributed by atoms with Crippen LogP contribution in [0.3, 0.4) is 0 Å². The highest BCUT2D eigenvalue weighted by atomic mass is 35.5. The van der Waals surface area contributed by atoms with Gasteiger partial charge in [-0.3, -0.25) is 4.79 Å². The molecule has 4 aromatic rings. The van der Waals surface area contributed by atoms with Crippen LogP contribution in [0.2, 0.25) is 5.02 Å². The number of carbonyl (C=O) groups excluding carboxylic acids is 1. The number of furan rings is 1. The second-order valence-corrected chi connectivity index (χ2v) is 7.51. The maximum absolute atomic E-state index is 12.9. The molecule has 0 fully saturated rings. The van der Waals surface area contributed by atoms with E-state index < -0.39 is 0 Å². The normalized spacial score (nSPS) is 10.9. The van der Waals surface area contributed by atoms with Crippen LogP contribution in [0.1, 0.15) is 21.7 Å². The number of anilines is 1. The minimum atomic E-state index is -0.341. The molecular weight excluding hydrogens is 394 g/mol. The van der Waals surface area contributed by atoms with Crippen LogP contribution in [-0.4, -0.2) is 15.9 Å². The number of amides is 1. The van der Waals surface area contributed by atoms with Gasteiger partial charge in [-0.2, -0.15) is 0 Å². The van der Waals surface area contributed by atoms with Gasteiger partial charge in [-0.05, 0) is 36.8 Å². The van der Waals surface area contributed by atoms with Crippen LogP contribution in [-0.2, 0) is 5.75 Å². The minimum absolute atomic E-state index is 0.265. The number of thioether (sulfide) groups is 1. The molecule has 2 heterocycles. The third kappa shape index (κ3) is 3.88. The molecule has 0 saturated heterocycles. The Balaban J connectivity index is 1.66. The van der Waals surface area contributed by atoms with E-state index >= 15 is 0 Å². The van der Waals surface area contributed by atoms with Crippen molar-refractivity contribution in [2.24, 2.45) is 0 Å². The summed E-state index contributed by atoms with van der Waals surface area (Å²) < 4.78 is 5.88. The number of fused-ring (bicyclic) bond motifs is 1. The molecular formula is C21H16ClN3O2S. The summed E-state index contributed by atoms with van der Waals surface area (Å²) in [5.74, 6) is 0.429. The van der Waals surface area contributed by atoms with Crippen LogP contribution in [0.15, 0.2) is 70.5 Å². The van der Waals surface area contributed by atoms with Crippen molar-refractivity contribution in [2.75, 3.05) is 5.32 Å². The summed E-state index contributed by atoms with van der Waals surface area (Å²) >= 11 is 7.70. The predicted molar refractivity (Wildman–Crippen MR) is 112 cm³/mol. The van der Waals surface area contributed by atoms with Crippen molar-refractivity contribution in [3.8, 4) is 0 Å². The number of aromatic nitrogens is 2. The fourth-order valence-corrected chi connectivity index (χ4v) is 3.94. The lowest BCUT2D eigenvalue weighted by molar-refractivity contribution is 0.0998. The van der Waals surface area contributed by atoms with Gasteiger partial charge in [0.15, 0.2) is 10.9 Å². The van der Waals surface area contributed by atoms with Crippen LogP contribution in [0.25, 0.3) is 11.0 Å². The molecule has 0 unspecified atom stereocenters. The number of nitrogens with zero attached hydrogens (tertiary/aromatic N) is 2. The van der Waals surface area contributed by atoms with E-state index in [1.807, 2.05) is 37.3 Å². The summed E-state index contributed by atoms with van der Waals surface area (Å²) in [6.07, 6.45) is 3.38. The Hall–Kier alpha value is -2.83. The molecule has 0 atom stereocenters. The molecule has 7 heteroatoms. The number of carbonyl (C=O) groups is 1. The Bertz CT molecular complexity index is 1150. The van der Waals surface area contributed by atoms with Gasteiger partial charge in [0.2, 0.25) is 0 Å². The number of hydrogen-bond donors (Lipinski definition) is 1. The highest BCUT2D eigenvalue weighted by Gasteiger charge is 2.21. The summed E-state index contributed by atoms with van der Waals surface area (Å²) in [5.41, 5.74) is 3.02. The Kier molecular flexibility index (Phi) is 5.32. The van der Waals surface area contributed by atoms with Crippen LogP contribution < -0.4 is 5.32 Å². The third-order valence-electron chi connectivity index (χ3n) is 4.16. The van der Waals surface area contributed by atoms with Crippen LogP contribution >= 0.6 is 23.4 Å². The third-order valence-corrected chi connectivity index (χ3v) is 5.38. The molecule has 0 aliphatic carbocycles. The SMILES string of the molecule is Cc1ccc(NC(=O)c2oc3ccccc3c2CSc2ncccn2)c(Cl)c1. The van der Waals surface area contributed by atoms with Crippen molar-refractivity contribution < 1.29 is 9.21 Å². The Morgan fingerprint density at radius 3 is 2.71 bits per heavy atom. The molecule has 28 heavy (non-hydrogen) atoms.